The second-order valence-corrected chi connectivity index (χ2v) is 6.65. The number of halogens is 2. The number of hydrogen-bond acceptors (Lipinski definition) is 3. The Bertz CT molecular complexity index is 726. The molecule has 8 heteroatoms. The van der Waals surface area contributed by atoms with E-state index in [4.69, 9.17) is 11.6 Å². The second-order valence-electron chi connectivity index (χ2n) is 6.26. The van der Waals surface area contributed by atoms with Gasteiger partial charge in [0.25, 0.3) is 0 Å². The number of nitrogens with zero attached hydrogens (tertiary/aromatic N) is 4. The third-order valence-corrected chi connectivity index (χ3v) is 4.49. The van der Waals surface area contributed by atoms with Crippen molar-refractivity contribution in [2.45, 2.75) is 39.7 Å². The molecule has 144 valence electrons. The molecule has 2 aromatic rings. The highest BCUT2D eigenvalue weighted by molar-refractivity contribution is 14.0. The van der Waals surface area contributed by atoms with E-state index < -0.39 is 0 Å². The fraction of sp³-hybridized carbons (Fsp3) is 0.500. The summed E-state index contributed by atoms with van der Waals surface area (Å²) in [7, 11) is 3.77. The minimum absolute atomic E-state index is 0. The number of aryl methyl sites for hydroxylation is 2. The number of guanidine groups is 1. The molecule has 0 saturated carbocycles. The van der Waals surface area contributed by atoms with E-state index in [0.717, 1.165) is 36.6 Å². The van der Waals surface area contributed by atoms with Crippen LogP contribution in [0.2, 0.25) is 5.15 Å². The molecule has 0 aliphatic heterocycles. The van der Waals surface area contributed by atoms with Gasteiger partial charge in [-0.25, -0.2) is 4.98 Å². The molecule has 0 aliphatic carbocycles. The molecule has 0 bridgehead atoms. The molecule has 2 rings (SSSR count). The summed E-state index contributed by atoms with van der Waals surface area (Å²) in [6.45, 7) is 7.10. The van der Waals surface area contributed by atoms with Gasteiger partial charge in [0.1, 0.15) is 5.15 Å². The van der Waals surface area contributed by atoms with Crippen molar-refractivity contribution in [1.82, 2.24) is 25.4 Å². The molecule has 0 saturated heterocycles. The van der Waals surface area contributed by atoms with Crippen LogP contribution in [0.4, 0.5) is 0 Å². The molecular weight excluding hydrogens is 463 g/mol. The molecule has 0 aliphatic rings. The SMILES string of the molecule is CN=C(NCCc1ccc(Cl)nc1)NC(C)Cc1c(C)nn(C)c1C.I. The van der Waals surface area contributed by atoms with E-state index in [0.29, 0.717) is 5.15 Å². The lowest BCUT2D eigenvalue weighted by molar-refractivity contribution is 0.635. The highest BCUT2D eigenvalue weighted by Crippen LogP contribution is 2.14. The van der Waals surface area contributed by atoms with Crippen molar-refractivity contribution >= 4 is 41.5 Å². The summed E-state index contributed by atoms with van der Waals surface area (Å²) in [6.07, 6.45) is 3.57. The third-order valence-electron chi connectivity index (χ3n) is 4.27. The van der Waals surface area contributed by atoms with Crippen molar-refractivity contribution < 1.29 is 0 Å². The molecule has 0 amide bonds. The van der Waals surface area contributed by atoms with E-state index in [1.807, 2.05) is 23.9 Å². The van der Waals surface area contributed by atoms with Crippen LogP contribution in [-0.4, -0.2) is 40.4 Å². The molecule has 1 atom stereocenters. The van der Waals surface area contributed by atoms with E-state index >= 15 is 0 Å². The predicted octanol–water partition coefficient (Wildman–Crippen LogP) is 3.04. The first-order chi connectivity index (χ1) is 11.9. The molecule has 2 aromatic heterocycles. The molecule has 2 N–H and O–H groups in total. The van der Waals surface area contributed by atoms with Crippen molar-refractivity contribution in [1.29, 1.82) is 0 Å². The van der Waals surface area contributed by atoms with Crippen LogP contribution in [0.15, 0.2) is 23.3 Å². The number of aromatic nitrogens is 3. The summed E-state index contributed by atoms with van der Waals surface area (Å²) in [6, 6.07) is 4.05. The number of rotatable bonds is 6. The van der Waals surface area contributed by atoms with Crippen LogP contribution >= 0.6 is 35.6 Å². The number of pyridine rings is 1. The molecule has 2 heterocycles. The Morgan fingerprint density at radius 2 is 2.08 bits per heavy atom. The maximum Gasteiger partial charge on any atom is 0.191 e. The van der Waals surface area contributed by atoms with Gasteiger partial charge in [0, 0.05) is 38.6 Å². The van der Waals surface area contributed by atoms with Gasteiger partial charge in [-0.2, -0.15) is 5.10 Å². The summed E-state index contributed by atoms with van der Waals surface area (Å²) < 4.78 is 1.94. The van der Waals surface area contributed by atoms with Gasteiger partial charge in [-0.3, -0.25) is 9.67 Å². The van der Waals surface area contributed by atoms with Crippen molar-refractivity contribution in [3.63, 3.8) is 0 Å². The predicted molar refractivity (Wildman–Crippen MR) is 119 cm³/mol. The maximum absolute atomic E-state index is 5.80. The van der Waals surface area contributed by atoms with Gasteiger partial charge in [0.2, 0.25) is 0 Å². The van der Waals surface area contributed by atoms with Crippen molar-refractivity contribution in [2.75, 3.05) is 13.6 Å². The van der Waals surface area contributed by atoms with Gasteiger partial charge in [-0.05, 0) is 50.8 Å². The van der Waals surface area contributed by atoms with Gasteiger partial charge in [-0.15, -0.1) is 24.0 Å². The fourth-order valence-corrected chi connectivity index (χ4v) is 2.89. The first-order valence-electron chi connectivity index (χ1n) is 8.47. The summed E-state index contributed by atoms with van der Waals surface area (Å²) in [5.74, 6) is 0.800. The van der Waals surface area contributed by atoms with Crippen LogP contribution in [0.3, 0.4) is 0 Å². The fourth-order valence-electron chi connectivity index (χ4n) is 2.78. The summed E-state index contributed by atoms with van der Waals surface area (Å²) in [5.41, 5.74) is 4.74. The van der Waals surface area contributed by atoms with Crippen LogP contribution in [-0.2, 0) is 19.9 Å². The van der Waals surface area contributed by atoms with Gasteiger partial charge < -0.3 is 10.6 Å². The smallest absolute Gasteiger partial charge is 0.191 e. The maximum atomic E-state index is 5.80. The Morgan fingerprint density at radius 1 is 1.35 bits per heavy atom. The summed E-state index contributed by atoms with van der Waals surface area (Å²) in [4.78, 5) is 8.40. The number of nitrogens with one attached hydrogen (secondary N) is 2. The Hall–Kier alpha value is -1.35. The van der Waals surface area contributed by atoms with Crippen molar-refractivity contribution in [3.05, 3.63) is 46.0 Å². The molecule has 0 aromatic carbocycles. The first kappa shape index (κ1) is 22.7. The van der Waals surface area contributed by atoms with Gasteiger partial charge in [-0.1, -0.05) is 17.7 Å². The Morgan fingerprint density at radius 3 is 2.62 bits per heavy atom. The molecule has 1 unspecified atom stereocenters. The second kappa shape index (κ2) is 10.7. The normalized spacial score (nSPS) is 12.5. The molecule has 6 nitrogen and oxygen atoms in total. The highest BCUT2D eigenvalue weighted by atomic mass is 127. The Balaban J connectivity index is 0.00000338. The number of aliphatic imine (C=N–C) groups is 1. The lowest BCUT2D eigenvalue weighted by Crippen LogP contribution is -2.43. The van der Waals surface area contributed by atoms with E-state index in [9.17, 15) is 0 Å². The third kappa shape index (κ3) is 6.42. The Kier molecular flexibility index (Phi) is 9.35. The zero-order chi connectivity index (χ0) is 18.4. The summed E-state index contributed by atoms with van der Waals surface area (Å²) in [5, 5.41) is 11.8. The molecule has 0 radical (unpaired) electrons. The van der Waals surface area contributed by atoms with Crippen LogP contribution < -0.4 is 10.6 Å². The quantitative estimate of drug-likeness (QED) is 0.283. The van der Waals surface area contributed by atoms with Crippen molar-refractivity contribution in [2.24, 2.45) is 12.0 Å². The van der Waals surface area contributed by atoms with Crippen LogP contribution in [0, 0.1) is 13.8 Å². The number of hydrogen-bond donors (Lipinski definition) is 2. The van der Waals surface area contributed by atoms with Crippen LogP contribution in [0.1, 0.15) is 29.4 Å². The average Bonchev–Trinajstić information content (AvgIpc) is 2.82. The average molecular weight is 491 g/mol. The highest BCUT2D eigenvalue weighted by Gasteiger charge is 2.13. The molecule has 0 spiro atoms. The standard InChI is InChI=1S/C18H27ClN6.HI/c1-12(10-16-13(2)24-25(5)14(16)3)23-18(20-4)21-9-8-15-6-7-17(19)22-11-15;/h6-7,11-12H,8-10H2,1-5H3,(H2,20,21,23);1H. The molecule has 0 fully saturated rings. The first-order valence-corrected chi connectivity index (χ1v) is 8.85. The van der Waals surface area contributed by atoms with E-state index in [-0.39, 0.29) is 30.0 Å². The lowest BCUT2D eigenvalue weighted by Gasteiger charge is -2.18. The molecule has 26 heavy (non-hydrogen) atoms. The lowest BCUT2D eigenvalue weighted by atomic mass is 10.1. The zero-order valence-corrected chi connectivity index (χ0v) is 19.1. The van der Waals surface area contributed by atoms with Crippen LogP contribution in [0.25, 0.3) is 0 Å². The van der Waals surface area contributed by atoms with Crippen LogP contribution in [0.5, 0.6) is 0 Å². The largest absolute Gasteiger partial charge is 0.356 e. The molecular formula is C18H28ClIN6. The minimum Gasteiger partial charge on any atom is -0.356 e. The van der Waals surface area contributed by atoms with E-state index in [1.165, 1.54) is 11.3 Å². The van der Waals surface area contributed by atoms with Gasteiger partial charge in [0.15, 0.2) is 5.96 Å². The minimum atomic E-state index is 0. The monoisotopic (exact) mass is 490 g/mol. The van der Waals surface area contributed by atoms with E-state index in [2.05, 4.69) is 46.5 Å². The van der Waals surface area contributed by atoms with Crippen molar-refractivity contribution in [3.8, 4) is 0 Å². The van der Waals surface area contributed by atoms with Gasteiger partial charge >= 0.3 is 0 Å². The Labute approximate surface area is 177 Å². The topological polar surface area (TPSA) is 67.1 Å². The van der Waals surface area contributed by atoms with E-state index in [1.54, 1.807) is 13.2 Å². The zero-order valence-electron chi connectivity index (χ0n) is 16.0. The summed E-state index contributed by atoms with van der Waals surface area (Å²) >= 11 is 5.80. The van der Waals surface area contributed by atoms with Gasteiger partial charge in [0.05, 0.1) is 5.69 Å².